The van der Waals surface area contributed by atoms with E-state index in [0.29, 0.717) is 41.3 Å². The fourth-order valence-electron chi connectivity index (χ4n) is 2.24. The van der Waals surface area contributed by atoms with Gasteiger partial charge in [-0.2, -0.15) is 0 Å². The van der Waals surface area contributed by atoms with Crippen molar-refractivity contribution in [1.82, 2.24) is 5.32 Å². The number of thiocarbonyl (C=S) groups is 1. The number of amides is 2. The molecule has 0 aliphatic carbocycles. The monoisotopic (exact) mass is 472 g/mol. The van der Waals surface area contributed by atoms with Crippen LogP contribution in [0.2, 0.25) is 15.1 Å². The molecule has 2 N–H and O–H groups in total. The third kappa shape index (κ3) is 5.40. The summed E-state index contributed by atoms with van der Waals surface area (Å²) in [5.74, 6) is -0.285. The molecule has 0 bridgehead atoms. The van der Waals surface area contributed by atoms with Gasteiger partial charge < -0.3 is 15.4 Å². The number of ether oxygens (including phenoxy) is 1. The molecule has 5 nitrogen and oxygen atoms in total. The number of anilines is 1. The van der Waals surface area contributed by atoms with Gasteiger partial charge in [0, 0.05) is 16.3 Å². The van der Waals surface area contributed by atoms with Gasteiger partial charge in [-0.1, -0.05) is 58.8 Å². The summed E-state index contributed by atoms with van der Waals surface area (Å²) in [6, 6.07) is 9.63. The topological polar surface area (TPSA) is 67.4 Å². The highest BCUT2D eigenvalue weighted by molar-refractivity contribution is 8.26. The molecular weight excluding hydrogens is 463 g/mol. The van der Waals surface area contributed by atoms with Crippen LogP contribution < -0.4 is 15.4 Å². The lowest BCUT2D eigenvalue weighted by Gasteiger charge is -2.11. The van der Waals surface area contributed by atoms with E-state index in [0.717, 1.165) is 11.8 Å². The van der Waals surface area contributed by atoms with Gasteiger partial charge in [0.25, 0.3) is 11.8 Å². The van der Waals surface area contributed by atoms with Crippen molar-refractivity contribution in [1.29, 1.82) is 0 Å². The molecular formula is C18H11Cl3N2O3S2. The Labute approximate surface area is 185 Å². The Hall–Kier alpha value is -1.77. The number of benzene rings is 2. The van der Waals surface area contributed by atoms with Crippen LogP contribution in [0.1, 0.15) is 5.56 Å². The standard InChI is InChI=1S/C18H11Cl3N2O3S2/c19-10-1-4-14(9(5-10)6-15-17(25)23-18(27)28-15)26-8-16(24)22-11-2-3-12(20)13(21)7-11/h1-7H,8H2,(H,22,24)(H,23,25,27). The molecule has 0 aromatic heterocycles. The van der Waals surface area contributed by atoms with E-state index in [1.165, 1.54) is 0 Å². The Kier molecular flexibility index (Phi) is 6.85. The molecule has 1 fully saturated rings. The first kappa shape index (κ1) is 21.0. The third-order valence-corrected chi connectivity index (χ3v) is 5.60. The minimum absolute atomic E-state index is 0.254. The van der Waals surface area contributed by atoms with Crippen molar-refractivity contribution in [3.05, 3.63) is 61.9 Å². The molecule has 2 aromatic carbocycles. The summed E-state index contributed by atoms with van der Waals surface area (Å²) >= 11 is 23.9. The molecule has 1 heterocycles. The second-order valence-electron chi connectivity index (χ2n) is 5.50. The van der Waals surface area contributed by atoms with Gasteiger partial charge in [-0.25, -0.2) is 0 Å². The number of carbonyl (C=O) groups is 2. The Morgan fingerprint density at radius 1 is 1.18 bits per heavy atom. The lowest BCUT2D eigenvalue weighted by molar-refractivity contribution is -0.118. The van der Waals surface area contributed by atoms with Gasteiger partial charge in [-0.15, -0.1) is 0 Å². The van der Waals surface area contributed by atoms with Gasteiger partial charge in [0.05, 0.1) is 15.0 Å². The number of thioether (sulfide) groups is 1. The quantitative estimate of drug-likeness (QED) is 0.464. The predicted octanol–water partition coefficient (Wildman–Crippen LogP) is 5.15. The van der Waals surface area contributed by atoms with Crippen LogP contribution in [-0.4, -0.2) is 22.7 Å². The maximum absolute atomic E-state index is 12.2. The predicted molar refractivity (Wildman–Crippen MR) is 118 cm³/mol. The Balaban J connectivity index is 1.71. The van der Waals surface area contributed by atoms with E-state index in [9.17, 15) is 9.59 Å². The lowest BCUT2D eigenvalue weighted by Crippen LogP contribution is -2.20. The molecule has 10 heteroatoms. The lowest BCUT2D eigenvalue weighted by atomic mass is 10.2. The molecule has 0 saturated carbocycles. The molecule has 1 aliphatic rings. The summed E-state index contributed by atoms with van der Waals surface area (Å²) in [5.41, 5.74) is 1.05. The number of halogens is 3. The van der Waals surface area contributed by atoms with E-state index in [1.54, 1.807) is 42.5 Å². The van der Waals surface area contributed by atoms with Crippen molar-refractivity contribution in [2.75, 3.05) is 11.9 Å². The van der Waals surface area contributed by atoms with E-state index in [4.69, 9.17) is 51.8 Å². The molecule has 0 atom stereocenters. The average molecular weight is 474 g/mol. The van der Waals surface area contributed by atoms with E-state index >= 15 is 0 Å². The van der Waals surface area contributed by atoms with Crippen molar-refractivity contribution in [3.8, 4) is 5.75 Å². The van der Waals surface area contributed by atoms with Crippen molar-refractivity contribution < 1.29 is 14.3 Å². The Bertz CT molecular complexity index is 1010. The minimum atomic E-state index is -0.388. The van der Waals surface area contributed by atoms with Crippen molar-refractivity contribution in [2.24, 2.45) is 0 Å². The summed E-state index contributed by atoms with van der Waals surface area (Å²) in [6.45, 7) is -0.254. The van der Waals surface area contributed by atoms with Gasteiger partial charge in [0.15, 0.2) is 6.61 Å². The number of nitrogens with one attached hydrogen (secondary N) is 2. The Morgan fingerprint density at radius 2 is 1.96 bits per heavy atom. The average Bonchev–Trinajstić information content (AvgIpc) is 2.94. The first-order valence-corrected chi connectivity index (χ1v) is 10.1. The summed E-state index contributed by atoms with van der Waals surface area (Å²) in [6.07, 6.45) is 1.61. The molecule has 0 radical (unpaired) electrons. The van der Waals surface area contributed by atoms with Crippen LogP contribution in [0.4, 0.5) is 5.69 Å². The zero-order valence-electron chi connectivity index (χ0n) is 13.9. The summed E-state index contributed by atoms with van der Waals surface area (Å²) in [4.78, 5) is 24.4. The molecule has 2 amide bonds. The Morgan fingerprint density at radius 3 is 2.64 bits per heavy atom. The number of hydrogen-bond donors (Lipinski definition) is 2. The zero-order chi connectivity index (χ0) is 20.3. The first-order valence-electron chi connectivity index (χ1n) is 7.74. The highest BCUT2D eigenvalue weighted by atomic mass is 35.5. The van der Waals surface area contributed by atoms with E-state index in [2.05, 4.69) is 10.6 Å². The SMILES string of the molecule is O=C(COc1ccc(Cl)cc1C=C1SC(=S)NC1=O)Nc1ccc(Cl)c(Cl)c1. The molecule has 0 unspecified atom stereocenters. The highest BCUT2D eigenvalue weighted by Gasteiger charge is 2.22. The molecule has 144 valence electrons. The van der Waals surface area contributed by atoms with E-state index < -0.39 is 0 Å². The van der Waals surface area contributed by atoms with Crippen LogP contribution in [0, 0.1) is 0 Å². The van der Waals surface area contributed by atoms with Gasteiger partial charge >= 0.3 is 0 Å². The fraction of sp³-hybridized carbons (Fsp3) is 0.0556. The summed E-state index contributed by atoms with van der Waals surface area (Å²) in [5, 5.41) is 6.39. The number of carbonyl (C=O) groups excluding carboxylic acids is 2. The van der Waals surface area contributed by atoms with Gasteiger partial charge in [0.2, 0.25) is 0 Å². The second kappa shape index (κ2) is 9.15. The normalized spacial score (nSPS) is 14.9. The van der Waals surface area contributed by atoms with Crippen LogP contribution in [0.3, 0.4) is 0 Å². The highest BCUT2D eigenvalue weighted by Crippen LogP contribution is 2.31. The van der Waals surface area contributed by atoms with Crippen LogP contribution >= 0.6 is 58.8 Å². The van der Waals surface area contributed by atoms with Crippen LogP contribution in [0.25, 0.3) is 6.08 Å². The molecule has 2 aromatic rings. The third-order valence-electron chi connectivity index (χ3n) is 3.46. The molecule has 28 heavy (non-hydrogen) atoms. The van der Waals surface area contributed by atoms with Gasteiger partial charge in [-0.05, 0) is 42.5 Å². The van der Waals surface area contributed by atoms with Crippen molar-refractivity contribution >= 4 is 86.7 Å². The van der Waals surface area contributed by atoms with Crippen molar-refractivity contribution in [2.45, 2.75) is 0 Å². The van der Waals surface area contributed by atoms with Crippen LogP contribution in [0.15, 0.2) is 41.3 Å². The van der Waals surface area contributed by atoms with Crippen LogP contribution in [-0.2, 0) is 9.59 Å². The van der Waals surface area contributed by atoms with E-state index in [1.807, 2.05) is 0 Å². The zero-order valence-corrected chi connectivity index (χ0v) is 17.8. The molecule has 0 spiro atoms. The number of hydrogen-bond acceptors (Lipinski definition) is 5. The van der Waals surface area contributed by atoms with Gasteiger partial charge in [-0.3, -0.25) is 9.59 Å². The maximum Gasteiger partial charge on any atom is 0.263 e. The fourth-order valence-corrected chi connectivity index (χ4v) is 3.75. The molecule has 1 saturated heterocycles. The number of rotatable bonds is 5. The molecule has 3 rings (SSSR count). The van der Waals surface area contributed by atoms with E-state index in [-0.39, 0.29) is 18.4 Å². The largest absolute Gasteiger partial charge is 0.483 e. The first-order chi connectivity index (χ1) is 13.3. The summed E-state index contributed by atoms with van der Waals surface area (Å²) < 4.78 is 5.98. The van der Waals surface area contributed by atoms with Crippen LogP contribution in [0.5, 0.6) is 5.75 Å². The maximum atomic E-state index is 12.2. The van der Waals surface area contributed by atoms with Crippen molar-refractivity contribution in [3.63, 3.8) is 0 Å². The van der Waals surface area contributed by atoms with Gasteiger partial charge in [0.1, 0.15) is 10.1 Å². The summed E-state index contributed by atoms with van der Waals surface area (Å²) in [7, 11) is 0. The minimum Gasteiger partial charge on any atom is -0.483 e. The molecule has 1 aliphatic heterocycles. The second-order valence-corrected chi connectivity index (χ2v) is 8.47. The smallest absolute Gasteiger partial charge is 0.263 e.